The predicted molar refractivity (Wildman–Crippen MR) is 227 cm³/mol. The third-order valence-electron chi connectivity index (χ3n) is 8.59. The maximum absolute atomic E-state index is 13.0. The molecule has 0 radical (unpaired) electrons. The molecule has 0 saturated carbocycles. The number of aliphatic carboxylic acids is 5. The number of nitrogens with one attached hydrogen (secondary N) is 6. The summed E-state index contributed by atoms with van der Waals surface area (Å²) in [6.07, 6.45) is -1.08. The molecule has 1 rings (SSSR count). The number of methoxy groups -OCH3 is 1. The second-order valence-electron chi connectivity index (χ2n) is 13.8. The van der Waals surface area contributed by atoms with Crippen LogP contribution in [0.3, 0.4) is 0 Å². The van der Waals surface area contributed by atoms with Crippen molar-refractivity contribution in [2.45, 2.75) is 102 Å². The van der Waals surface area contributed by atoms with Crippen molar-refractivity contribution >= 4 is 84.3 Å². The van der Waals surface area contributed by atoms with Crippen LogP contribution in [0.4, 0.5) is 9.59 Å². The minimum absolute atomic E-state index is 0.0642. The number of benzene rings is 1. The van der Waals surface area contributed by atoms with Crippen LogP contribution in [0.25, 0.3) is 0 Å². The Morgan fingerprint density at radius 1 is 0.682 bits per heavy atom. The van der Waals surface area contributed by atoms with E-state index in [2.05, 4.69) is 49.3 Å². The SMILES string of the molecule is CCC(N)C(=O)OC.O=C(O)CCCNC(=O)N[C@@H](CCCCNC(=O)NCc1ccc(CC(=O)N[C@@H](CC(=O)O)C(=O)C[C@@H](CC(=O)O)C(=O)N[C@@H](CS)C(=O)O)cc1)C(=O)O.O=C=O. The third kappa shape index (κ3) is 30.1. The van der Waals surface area contributed by atoms with E-state index in [0.29, 0.717) is 30.4 Å². The Balaban J connectivity index is 0. The monoisotopic (exact) mass is 959 g/mol. The zero-order chi connectivity index (χ0) is 50.8. The van der Waals surface area contributed by atoms with Crippen molar-refractivity contribution in [1.29, 1.82) is 0 Å². The van der Waals surface area contributed by atoms with Crippen LogP contribution in [0.2, 0.25) is 0 Å². The maximum Gasteiger partial charge on any atom is 0.373 e. The van der Waals surface area contributed by atoms with E-state index in [4.69, 9.17) is 25.5 Å². The molecule has 0 aliphatic carbocycles. The van der Waals surface area contributed by atoms with Crippen molar-refractivity contribution in [1.82, 2.24) is 31.9 Å². The van der Waals surface area contributed by atoms with Crippen molar-refractivity contribution in [2.75, 3.05) is 26.0 Å². The van der Waals surface area contributed by atoms with E-state index in [9.17, 15) is 68.1 Å². The first-order chi connectivity index (χ1) is 31.0. The standard InChI is InChI=1S/C33H46N6O15S.C5H11NO2.CO2/c40-24(13-20(14-27(44)45)29(48)38-23(17-55)31(51)52)22(15-28(46)47)37-25(41)12-18-6-8-19(9-7-18)16-36-32(53)34-10-2-1-4-21(30(49)50)39-33(54)35-11-3-5-26(42)43;1-3-4(6)5(7)8-2;2-1-3/h6-9,20-23,55H,1-5,10-17H2,(H,37,41)(H,38,48)(H,42,43)(H,44,45)(H,46,47)(H,49,50)(H,51,52)(H2,34,36,53)(H2,35,39,54);4H,3,6H2,1-2H3;/t20-,21-,22-,23-;;/m0../s1. The predicted octanol–water partition coefficient (Wildman–Crippen LogP) is -1.36. The molecule has 6 amide bonds. The van der Waals surface area contributed by atoms with E-state index in [1.54, 1.807) is 24.3 Å². The largest absolute Gasteiger partial charge is 0.481 e. The molecule has 0 bridgehead atoms. The Kier molecular flexibility index (Phi) is 32.6. The molecule has 0 aliphatic rings. The molecular formula is C39H57N7O19S. The summed E-state index contributed by atoms with van der Waals surface area (Å²) in [5.74, 6) is -11.7. The smallest absolute Gasteiger partial charge is 0.373 e. The lowest BCUT2D eigenvalue weighted by Crippen LogP contribution is -2.47. The second-order valence-corrected chi connectivity index (χ2v) is 14.1. The summed E-state index contributed by atoms with van der Waals surface area (Å²) < 4.78 is 4.34. The van der Waals surface area contributed by atoms with Gasteiger partial charge >= 0.3 is 54.0 Å². The zero-order valence-electron chi connectivity index (χ0n) is 36.1. The molecule has 0 aliphatic heterocycles. The molecule has 1 aromatic carbocycles. The van der Waals surface area contributed by atoms with Crippen LogP contribution in [-0.2, 0) is 70.4 Å². The molecule has 0 aromatic heterocycles. The van der Waals surface area contributed by atoms with Gasteiger partial charge in [-0.3, -0.25) is 33.6 Å². The number of urea groups is 2. The summed E-state index contributed by atoms with van der Waals surface area (Å²) in [7, 11) is 1.33. The van der Waals surface area contributed by atoms with Crippen molar-refractivity contribution in [3.8, 4) is 0 Å². The van der Waals surface area contributed by atoms with Crippen LogP contribution in [0.5, 0.6) is 0 Å². The fourth-order valence-electron chi connectivity index (χ4n) is 5.10. The Labute approximate surface area is 382 Å². The minimum atomic E-state index is -1.62. The van der Waals surface area contributed by atoms with Crippen LogP contribution in [0.1, 0.15) is 75.8 Å². The molecule has 27 heteroatoms. The highest BCUT2D eigenvalue weighted by atomic mass is 32.1. The highest BCUT2D eigenvalue weighted by Gasteiger charge is 2.32. The average molecular weight is 960 g/mol. The van der Waals surface area contributed by atoms with Gasteiger partial charge in [-0.1, -0.05) is 31.2 Å². The molecule has 26 nitrogen and oxygen atoms in total. The topological polar surface area (TPSA) is 430 Å². The van der Waals surface area contributed by atoms with Crippen LogP contribution < -0.4 is 37.6 Å². The summed E-state index contributed by atoms with van der Waals surface area (Å²) in [5, 5.41) is 59.9. The molecule has 1 unspecified atom stereocenters. The third-order valence-corrected chi connectivity index (χ3v) is 8.95. The molecule has 368 valence electrons. The number of unbranched alkanes of at least 4 members (excludes halogenated alkanes) is 1. The first kappa shape index (κ1) is 61.0. The van der Waals surface area contributed by atoms with Gasteiger partial charge in [0.15, 0.2) is 5.78 Å². The number of amides is 6. The number of ketones is 1. The Morgan fingerprint density at radius 3 is 1.71 bits per heavy atom. The number of hydrogen-bond donors (Lipinski definition) is 13. The molecule has 13 N–H and O–H groups in total. The number of hydrogen-bond acceptors (Lipinski definition) is 16. The van der Waals surface area contributed by atoms with Crippen molar-refractivity contribution in [3.05, 3.63) is 35.4 Å². The second kappa shape index (κ2) is 35.3. The van der Waals surface area contributed by atoms with Crippen LogP contribution in [-0.4, -0.2) is 147 Å². The Morgan fingerprint density at radius 2 is 1.23 bits per heavy atom. The molecule has 1 aromatic rings. The Bertz CT molecular complexity index is 1830. The number of Topliss-reactive ketones (excluding diaryl/α,β-unsaturated/α-hetero) is 1. The fourth-order valence-corrected chi connectivity index (χ4v) is 5.35. The minimum Gasteiger partial charge on any atom is -0.481 e. The highest BCUT2D eigenvalue weighted by Crippen LogP contribution is 2.14. The van der Waals surface area contributed by atoms with Crippen LogP contribution in [0, 0.1) is 5.92 Å². The number of carbonyl (C=O) groups excluding carboxylic acids is 8. The maximum atomic E-state index is 13.0. The lowest BCUT2D eigenvalue weighted by Gasteiger charge is -2.21. The lowest BCUT2D eigenvalue weighted by molar-refractivity contribution is -0.192. The van der Waals surface area contributed by atoms with E-state index in [1.807, 2.05) is 6.92 Å². The Hall–Kier alpha value is -7.12. The van der Waals surface area contributed by atoms with E-state index in [1.165, 1.54) is 7.11 Å². The van der Waals surface area contributed by atoms with Gasteiger partial charge in [-0.2, -0.15) is 22.2 Å². The zero-order valence-corrected chi connectivity index (χ0v) is 37.0. The number of esters is 1. The summed E-state index contributed by atoms with van der Waals surface area (Å²) in [6.45, 7) is 2.19. The molecule has 0 heterocycles. The fraction of sp³-hybridized carbons (Fsp3) is 0.538. The van der Waals surface area contributed by atoms with E-state index in [-0.39, 0.29) is 63.2 Å². The van der Waals surface area contributed by atoms with Gasteiger partial charge in [-0.25, -0.2) is 19.2 Å². The van der Waals surface area contributed by atoms with Crippen LogP contribution >= 0.6 is 12.6 Å². The van der Waals surface area contributed by atoms with Gasteiger partial charge in [-0.15, -0.1) is 0 Å². The van der Waals surface area contributed by atoms with Crippen molar-refractivity contribution < 1.29 is 92.6 Å². The van der Waals surface area contributed by atoms with Crippen LogP contribution in [0.15, 0.2) is 24.3 Å². The number of ether oxygens (including phenoxy) is 1. The molecule has 5 atom stereocenters. The van der Waals surface area contributed by atoms with Gasteiger partial charge in [-0.05, 0) is 43.2 Å². The number of carbonyl (C=O) groups is 11. The molecule has 0 fully saturated rings. The number of thiol groups is 1. The van der Waals surface area contributed by atoms with E-state index < -0.39 is 109 Å². The molecular weight excluding hydrogens is 903 g/mol. The van der Waals surface area contributed by atoms with Gasteiger partial charge < -0.3 is 67.9 Å². The summed E-state index contributed by atoms with van der Waals surface area (Å²) in [6, 6.07) is 0.342. The highest BCUT2D eigenvalue weighted by molar-refractivity contribution is 7.80. The summed E-state index contributed by atoms with van der Waals surface area (Å²) >= 11 is 3.81. The van der Waals surface area contributed by atoms with Gasteiger partial charge in [0.05, 0.1) is 38.3 Å². The first-order valence-corrected chi connectivity index (χ1v) is 20.5. The summed E-state index contributed by atoms with van der Waals surface area (Å²) in [5.41, 5.74) is 6.34. The number of nitrogens with two attached hydrogens (primary N) is 1. The quantitative estimate of drug-likeness (QED) is 0.0250. The van der Waals surface area contributed by atoms with E-state index in [0.717, 1.165) is 0 Å². The van der Waals surface area contributed by atoms with Crippen molar-refractivity contribution in [3.63, 3.8) is 0 Å². The van der Waals surface area contributed by atoms with Gasteiger partial charge in [0.2, 0.25) is 11.8 Å². The molecule has 0 spiro atoms. The molecule has 66 heavy (non-hydrogen) atoms. The van der Waals surface area contributed by atoms with Crippen molar-refractivity contribution in [2.24, 2.45) is 11.7 Å². The average Bonchev–Trinajstić information content (AvgIpc) is 3.24. The lowest BCUT2D eigenvalue weighted by atomic mass is 9.93. The first-order valence-electron chi connectivity index (χ1n) is 19.9. The number of rotatable bonds is 29. The molecule has 0 saturated heterocycles. The van der Waals surface area contributed by atoms with E-state index >= 15 is 0 Å². The number of carboxylic acids is 5. The van der Waals surface area contributed by atoms with Gasteiger partial charge in [0.25, 0.3) is 0 Å². The normalized spacial score (nSPS) is 12.3. The summed E-state index contributed by atoms with van der Waals surface area (Å²) in [4.78, 5) is 145. The van der Waals surface area contributed by atoms with Gasteiger partial charge in [0, 0.05) is 38.2 Å². The van der Waals surface area contributed by atoms with Gasteiger partial charge in [0.1, 0.15) is 18.1 Å². The number of carboxylic acid groups (broad SMARTS) is 5.